The largest absolute Gasteiger partial charge is 0.508 e. The van der Waals surface area contributed by atoms with Crippen molar-refractivity contribution < 1.29 is 35.8 Å². The van der Waals surface area contributed by atoms with Gasteiger partial charge in [-0.05, 0) is 74.4 Å². The van der Waals surface area contributed by atoms with Gasteiger partial charge in [0.25, 0.3) is 0 Å². The smallest absolute Gasteiger partial charge is 0.159 e. The van der Waals surface area contributed by atoms with E-state index in [0.29, 0.717) is 11.2 Å². The lowest BCUT2D eigenvalue weighted by molar-refractivity contribution is 0.101. The van der Waals surface area contributed by atoms with Gasteiger partial charge in [0, 0.05) is 32.3 Å². The Morgan fingerprint density at radius 1 is 0.352 bits per heavy atom. The SMILES string of the molecule is C.CC.CC.CC.CC.CC.CC.CC(=O)c1ccccc1.CC(C)(C)O.CC(C)(C)c1ccccc1.CC(c1ccccc1)(c1ccccc1)c1ccccc1.CO.CO.CO.O.Oc1ccccc1. The van der Waals surface area contributed by atoms with Crippen molar-refractivity contribution in [3.05, 3.63) is 210 Å². The van der Waals surface area contributed by atoms with Crippen LogP contribution >= 0.6 is 0 Å². The van der Waals surface area contributed by atoms with Gasteiger partial charge in [0.15, 0.2) is 5.78 Å². The van der Waals surface area contributed by atoms with E-state index in [1.165, 1.54) is 22.3 Å². The van der Waals surface area contributed by atoms with E-state index >= 15 is 0 Å². The van der Waals surface area contributed by atoms with Crippen molar-refractivity contribution >= 4 is 5.78 Å². The van der Waals surface area contributed by atoms with Gasteiger partial charge >= 0.3 is 0 Å². The maximum atomic E-state index is 10.6. The van der Waals surface area contributed by atoms with Crippen LogP contribution in [0.15, 0.2) is 182 Å². The van der Waals surface area contributed by atoms with Crippen molar-refractivity contribution in [1.29, 1.82) is 0 Å². The second-order valence-corrected chi connectivity index (χ2v) is 14.3. The number of aromatic hydroxyl groups is 1. The van der Waals surface area contributed by atoms with E-state index < -0.39 is 5.60 Å². The Labute approximate surface area is 439 Å². The third-order valence-corrected chi connectivity index (χ3v) is 7.63. The highest BCUT2D eigenvalue weighted by Gasteiger charge is 2.30. The molecule has 0 bridgehead atoms. The fraction of sp³-hybridized carbons (Fsp3) is 0.422. The lowest BCUT2D eigenvalue weighted by atomic mass is 9.71. The van der Waals surface area contributed by atoms with Crippen LogP contribution in [0.5, 0.6) is 5.75 Å². The Balaban J connectivity index is -0.0000000794. The molecule has 0 unspecified atom stereocenters. The lowest BCUT2D eigenvalue weighted by Gasteiger charge is -2.31. The fourth-order valence-corrected chi connectivity index (χ4v) is 4.85. The Bertz CT molecular complexity index is 1670. The summed E-state index contributed by atoms with van der Waals surface area (Å²) in [5, 5.41) is 38.2. The summed E-state index contributed by atoms with van der Waals surface area (Å²) >= 11 is 0. The van der Waals surface area contributed by atoms with E-state index in [1.807, 2.05) is 119 Å². The van der Waals surface area contributed by atoms with Crippen LogP contribution in [-0.2, 0) is 10.8 Å². The average molecular weight is 992 g/mol. The first-order valence-electron chi connectivity index (χ1n) is 24.7. The molecule has 408 valence electrons. The summed E-state index contributed by atoms with van der Waals surface area (Å²) in [6.45, 7) is 39.8. The minimum Gasteiger partial charge on any atom is -0.508 e. The Hall–Kier alpha value is -5.41. The van der Waals surface area contributed by atoms with Gasteiger partial charge in [-0.25, -0.2) is 0 Å². The standard InChI is InChI=1S/C20H18.C10H14.C8H8O.C6H6O.C4H10O.6C2H6.3CH4O.CH4.H2O/c1-20(17-11-5-2-6-12-17,18-13-7-3-8-14-18)19-15-9-4-10-16-19;1-10(2,3)9-7-5-4-6-8-9;1-7(9)8-5-3-2-4-6-8;7-6-4-2-1-3-5-6;1-4(2,3)5;9*1-2;;/h2-16H,1H3;4-8H,1-3H3;2-6H,1H3;1-5,7H;5H,1-3H3;6*1-2H3;3*2H,1H3;1H4;1H2. The quantitative estimate of drug-likeness (QED) is 0.0877. The van der Waals surface area contributed by atoms with Crippen LogP contribution in [0.4, 0.5) is 0 Å². The minimum atomic E-state index is -0.500. The number of carbonyl (C=O) groups is 1. The van der Waals surface area contributed by atoms with Gasteiger partial charge < -0.3 is 31.0 Å². The molecule has 0 amide bonds. The molecule has 0 aliphatic rings. The molecule has 0 aliphatic heterocycles. The molecule has 0 saturated heterocycles. The number of aliphatic hydroxyl groups is 4. The van der Waals surface area contributed by atoms with Gasteiger partial charge in [0.05, 0.1) is 5.60 Å². The maximum absolute atomic E-state index is 10.6. The molecule has 7 N–H and O–H groups in total. The molecule has 6 rings (SSSR count). The van der Waals surface area contributed by atoms with Crippen LogP contribution in [0, 0.1) is 0 Å². The third kappa shape index (κ3) is 50.8. The molecule has 71 heavy (non-hydrogen) atoms. The van der Waals surface area contributed by atoms with E-state index in [9.17, 15) is 4.79 Å². The van der Waals surface area contributed by atoms with Gasteiger partial charge in [-0.3, -0.25) is 4.79 Å². The predicted molar refractivity (Wildman–Crippen MR) is 319 cm³/mol. The fourth-order valence-electron chi connectivity index (χ4n) is 4.85. The molecule has 0 radical (unpaired) electrons. The number of phenolic OH excluding ortho intramolecular Hbond substituents is 1. The lowest BCUT2D eigenvalue weighted by Crippen LogP contribution is -2.25. The van der Waals surface area contributed by atoms with E-state index in [4.69, 9.17) is 25.5 Å². The number of benzene rings is 6. The molecule has 0 aliphatic carbocycles. The van der Waals surface area contributed by atoms with Crippen LogP contribution in [-0.4, -0.2) is 63.7 Å². The number of hydrogen-bond donors (Lipinski definition) is 5. The number of ketones is 1. The van der Waals surface area contributed by atoms with Crippen molar-refractivity contribution in [3.8, 4) is 5.75 Å². The first kappa shape index (κ1) is 88.5. The molecule has 6 aromatic rings. The molecule has 0 fully saturated rings. The number of carbonyl (C=O) groups excluding carboxylic acids is 1. The van der Waals surface area contributed by atoms with Gasteiger partial charge in [0.2, 0.25) is 0 Å². The van der Waals surface area contributed by atoms with Crippen molar-refractivity contribution in [1.82, 2.24) is 0 Å². The molecule has 6 aromatic carbocycles. The van der Waals surface area contributed by atoms with Gasteiger partial charge in [-0.15, -0.1) is 0 Å². The summed E-state index contributed by atoms with van der Waals surface area (Å²) < 4.78 is 0. The van der Waals surface area contributed by atoms with Gasteiger partial charge in [-0.2, -0.15) is 0 Å². The van der Waals surface area contributed by atoms with Crippen LogP contribution in [0.1, 0.15) is 179 Å². The number of para-hydroxylation sites is 1. The molecule has 0 aromatic heterocycles. The highest BCUT2D eigenvalue weighted by molar-refractivity contribution is 5.93. The normalized spacial score (nSPS) is 8.38. The number of Topliss-reactive ketones (excluding diaryl/α,β-unsaturated/α-hetero) is 1. The van der Waals surface area contributed by atoms with Crippen LogP contribution in [0.3, 0.4) is 0 Å². The van der Waals surface area contributed by atoms with E-state index in [0.717, 1.165) is 26.9 Å². The van der Waals surface area contributed by atoms with Crippen LogP contribution in [0.25, 0.3) is 0 Å². The summed E-state index contributed by atoms with van der Waals surface area (Å²) in [7, 11) is 3.00. The monoisotopic (exact) mass is 991 g/mol. The van der Waals surface area contributed by atoms with Gasteiger partial charge in [-0.1, -0.05) is 281 Å². The molecule has 0 saturated carbocycles. The zero-order chi connectivity index (χ0) is 55.8. The zero-order valence-corrected chi connectivity index (χ0v) is 48.5. The highest BCUT2D eigenvalue weighted by Crippen LogP contribution is 2.38. The Morgan fingerprint density at radius 3 is 0.648 bits per heavy atom. The summed E-state index contributed by atoms with van der Waals surface area (Å²) in [4.78, 5) is 10.6. The summed E-state index contributed by atoms with van der Waals surface area (Å²) in [5.41, 5.74) is 5.80. The van der Waals surface area contributed by atoms with Crippen molar-refractivity contribution in [2.75, 3.05) is 21.3 Å². The van der Waals surface area contributed by atoms with E-state index in [1.54, 1.807) is 52.0 Å². The van der Waals surface area contributed by atoms with Crippen molar-refractivity contribution in [2.24, 2.45) is 0 Å². The Morgan fingerprint density at radius 2 is 0.521 bits per heavy atom. The van der Waals surface area contributed by atoms with Crippen LogP contribution < -0.4 is 0 Å². The number of phenols is 1. The third-order valence-electron chi connectivity index (χ3n) is 7.63. The summed E-state index contributed by atoms with van der Waals surface area (Å²) in [6.07, 6.45) is 0. The van der Waals surface area contributed by atoms with E-state index in [-0.39, 0.29) is 24.1 Å². The van der Waals surface area contributed by atoms with Crippen LogP contribution in [0.2, 0.25) is 0 Å². The number of rotatable bonds is 4. The molecule has 0 heterocycles. The second kappa shape index (κ2) is 64.6. The van der Waals surface area contributed by atoms with Crippen molar-refractivity contribution in [2.45, 2.75) is 162 Å². The number of aliphatic hydroxyl groups excluding tert-OH is 3. The predicted octanol–water partition coefficient (Wildman–Crippen LogP) is 16.9. The maximum Gasteiger partial charge on any atom is 0.159 e. The topological polar surface area (TPSA) is 150 Å². The summed E-state index contributed by atoms with van der Waals surface area (Å²) in [5.74, 6) is 0.443. The Kier molecular flexibility index (Phi) is 80.6. The molecule has 7 nitrogen and oxygen atoms in total. The molecule has 7 heteroatoms. The van der Waals surface area contributed by atoms with Crippen molar-refractivity contribution in [3.63, 3.8) is 0 Å². The molecular formula is C64H110O7. The average Bonchev–Trinajstić information content (AvgIpc) is 3.42. The van der Waals surface area contributed by atoms with E-state index in [2.05, 4.69) is 149 Å². The number of hydrogen-bond acceptors (Lipinski definition) is 6. The first-order chi connectivity index (χ1) is 33.1. The molecule has 0 atom stereocenters. The second-order valence-electron chi connectivity index (χ2n) is 14.3. The zero-order valence-electron chi connectivity index (χ0n) is 48.5. The first-order valence-corrected chi connectivity index (χ1v) is 24.7. The minimum absolute atomic E-state index is 0. The highest BCUT2D eigenvalue weighted by atomic mass is 16.3. The van der Waals surface area contributed by atoms with Gasteiger partial charge in [0.1, 0.15) is 5.75 Å². The molecular weight excluding hydrogens is 881 g/mol. The summed E-state index contributed by atoms with van der Waals surface area (Å²) in [6, 6.07) is 60.6. The molecule has 0 spiro atoms.